The van der Waals surface area contributed by atoms with E-state index in [9.17, 15) is 9.59 Å². The first kappa shape index (κ1) is 16.4. The lowest BCUT2D eigenvalue weighted by molar-refractivity contribution is 0.0949. The van der Waals surface area contributed by atoms with Gasteiger partial charge in [0.25, 0.3) is 5.91 Å². The number of nitrogens with two attached hydrogens (primary N) is 1. The van der Waals surface area contributed by atoms with Crippen molar-refractivity contribution in [1.29, 1.82) is 0 Å². The van der Waals surface area contributed by atoms with E-state index in [-0.39, 0.29) is 16.9 Å². The van der Waals surface area contributed by atoms with Crippen LogP contribution in [0.5, 0.6) is 0 Å². The molecule has 0 atom stereocenters. The fourth-order valence-corrected chi connectivity index (χ4v) is 3.52. The smallest absolute Gasteiger partial charge is 0.261 e. The fourth-order valence-electron chi connectivity index (χ4n) is 3.52. The summed E-state index contributed by atoms with van der Waals surface area (Å²) in [4.78, 5) is 25.4. The fraction of sp³-hybridized carbons (Fsp3) is 0.238. The van der Waals surface area contributed by atoms with Crippen LogP contribution in [0.2, 0.25) is 0 Å². The standard InChI is InChI=1S/C21H20N2O3/c22-20-18(21(25)23-12-13-6-2-1-3-7-13)19(24)16-10-14-8-4-5-9-15(14)11-17(16)26-20/h1-3,6-7,10-11H,4-5,8-9,12,22H2,(H,23,25). The van der Waals surface area contributed by atoms with Crippen molar-refractivity contribution in [3.8, 4) is 0 Å². The summed E-state index contributed by atoms with van der Waals surface area (Å²) in [7, 11) is 0. The van der Waals surface area contributed by atoms with Gasteiger partial charge in [-0.25, -0.2) is 0 Å². The molecule has 1 aliphatic carbocycles. The average molecular weight is 348 g/mol. The summed E-state index contributed by atoms with van der Waals surface area (Å²) in [5, 5.41) is 3.17. The van der Waals surface area contributed by atoms with E-state index >= 15 is 0 Å². The van der Waals surface area contributed by atoms with Crippen molar-refractivity contribution >= 4 is 22.8 Å². The molecule has 1 heterocycles. The minimum atomic E-state index is -0.514. The molecule has 2 aromatic carbocycles. The molecule has 0 saturated heterocycles. The van der Waals surface area contributed by atoms with Crippen LogP contribution < -0.4 is 16.5 Å². The largest absolute Gasteiger partial charge is 0.440 e. The van der Waals surface area contributed by atoms with Crippen LogP contribution in [0.4, 0.5) is 5.88 Å². The molecular weight excluding hydrogens is 328 g/mol. The molecule has 5 nitrogen and oxygen atoms in total. The topological polar surface area (TPSA) is 85.3 Å². The molecule has 0 unspecified atom stereocenters. The molecule has 0 spiro atoms. The Bertz CT molecular complexity index is 1040. The van der Waals surface area contributed by atoms with E-state index in [1.807, 2.05) is 42.5 Å². The molecule has 1 aromatic heterocycles. The van der Waals surface area contributed by atoms with Crippen LogP contribution >= 0.6 is 0 Å². The lowest BCUT2D eigenvalue weighted by atomic mass is 9.90. The Morgan fingerprint density at radius 3 is 2.50 bits per heavy atom. The number of hydrogen-bond donors (Lipinski definition) is 2. The summed E-state index contributed by atoms with van der Waals surface area (Å²) in [6.45, 7) is 0.320. The Morgan fingerprint density at radius 1 is 1.08 bits per heavy atom. The number of nitrogen functional groups attached to an aromatic ring is 1. The van der Waals surface area contributed by atoms with Crippen LogP contribution in [-0.4, -0.2) is 5.91 Å². The zero-order chi connectivity index (χ0) is 18.1. The predicted octanol–water partition coefficient (Wildman–Crippen LogP) is 3.18. The Kier molecular flexibility index (Phi) is 4.21. The highest BCUT2D eigenvalue weighted by Gasteiger charge is 2.21. The van der Waals surface area contributed by atoms with Gasteiger partial charge in [-0.2, -0.15) is 0 Å². The third-order valence-corrected chi connectivity index (χ3v) is 4.90. The van der Waals surface area contributed by atoms with E-state index in [2.05, 4.69) is 5.32 Å². The molecule has 1 amide bonds. The van der Waals surface area contributed by atoms with Gasteiger partial charge in [-0.3, -0.25) is 9.59 Å². The zero-order valence-corrected chi connectivity index (χ0v) is 14.4. The number of carbonyl (C=O) groups is 1. The molecular formula is C21H20N2O3. The van der Waals surface area contributed by atoms with Gasteiger partial charge in [0.1, 0.15) is 11.1 Å². The Labute approximate surface area is 150 Å². The first-order valence-corrected chi connectivity index (χ1v) is 8.83. The van der Waals surface area contributed by atoms with Gasteiger partial charge in [-0.1, -0.05) is 30.3 Å². The van der Waals surface area contributed by atoms with E-state index < -0.39 is 5.91 Å². The molecule has 0 saturated carbocycles. The minimum Gasteiger partial charge on any atom is -0.440 e. The molecule has 132 valence electrons. The molecule has 3 aromatic rings. The molecule has 1 aliphatic rings. The number of anilines is 1. The van der Waals surface area contributed by atoms with Crippen molar-refractivity contribution in [2.45, 2.75) is 32.2 Å². The molecule has 4 rings (SSSR count). The van der Waals surface area contributed by atoms with Crippen molar-refractivity contribution in [3.63, 3.8) is 0 Å². The predicted molar refractivity (Wildman–Crippen MR) is 101 cm³/mol. The SMILES string of the molecule is Nc1oc2cc3c(cc2c(=O)c1C(=O)NCc1ccccc1)CCCC3. The highest BCUT2D eigenvalue weighted by Crippen LogP contribution is 2.27. The summed E-state index contributed by atoms with van der Waals surface area (Å²) in [6, 6.07) is 13.3. The summed E-state index contributed by atoms with van der Waals surface area (Å²) in [5.74, 6) is -0.649. The molecule has 0 fully saturated rings. The van der Waals surface area contributed by atoms with Gasteiger partial charge in [-0.15, -0.1) is 0 Å². The monoisotopic (exact) mass is 348 g/mol. The zero-order valence-electron chi connectivity index (χ0n) is 14.4. The first-order chi connectivity index (χ1) is 12.6. The summed E-state index contributed by atoms with van der Waals surface area (Å²) in [6.07, 6.45) is 4.18. The molecule has 26 heavy (non-hydrogen) atoms. The normalized spacial score (nSPS) is 13.4. The number of aryl methyl sites for hydroxylation is 2. The third-order valence-electron chi connectivity index (χ3n) is 4.90. The summed E-state index contributed by atoms with van der Waals surface area (Å²) < 4.78 is 5.63. The van der Waals surface area contributed by atoms with Crippen molar-refractivity contribution in [2.75, 3.05) is 5.73 Å². The lowest BCUT2D eigenvalue weighted by Gasteiger charge is -2.16. The summed E-state index contributed by atoms with van der Waals surface area (Å²) >= 11 is 0. The van der Waals surface area contributed by atoms with E-state index in [0.717, 1.165) is 36.8 Å². The number of hydrogen-bond acceptors (Lipinski definition) is 4. The highest BCUT2D eigenvalue weighted by molar-refractivity contribution is 6.00. The maximum Gasteiger partial charge on any atom is 0.261 e. The van der Waals surface area contributed by atoms with Crippen LogP contribution in [0.15, 0.2) is 51.7 Å². The Morgan fingerprint density at radius 2 is 1.77 bits per heavy atom. The lowest BCUT2D eigenvalue weighted by Crippen LogP contribution is -2.29. The molecule has 0 radical (unpaired) electrons. The second-order valence-electron chi connectivity index (χ2n) is 6.66. The number of benzene rings is 2. The van der Waals surface area contributed by atoms with Gasteiger partial charge < -0.3 is 15.5 Å². The van der Waals surface area contributed by atoms with Crippen LogP contribution in [0.3, 0.4) is 0 Å². The maximum absolute atomic E-state index is 12.9. The minimum absolute atomic E-state index is 0.121. The quantitative estimate of drug-likeness (QED) is 0.761. The number of nitrogens with one attached hydrogen (secondary N) is 1. The molecule has 0 aliphatic heterocycles. The number of carbonyl (C=O) groups excluding carboxylic acids is 1. The van der Waals surface area contributed by atoms with E-state index in [4.69, 9.17) is 10.2 Å². The maximum atomic E-state index is 12.9. The summed E-state index contributed by atoms with van der Waals surface area (Å²) in [5.41, 5.74) is 9.17. The Balaban J connectivity index is 1.70. The van der Waals surface area contributed by atoms with Gasteiger partial charge >= 0.3 is 0 Å². The van der Waals surface area contributed by atoms with Crippen molar-refractivity contribution in [3.05, 3.63) is 74.9 Å². The van der Waals surface area contributed by atoms with E-state index in [1.54, 1.807) is 0 Å². The van der Waals surface area contributed by atoms with Crippen molar-refractivity contribution in [1.82, 2.24) is 5.32 Å². The average Bonchev–Trinajstić information content (AvgIpc) is 2.66. The van der Waals surface area contributed by atoms with Gasteiger partial charge in [0, 0.05) is 6.54 Å². The number of fused-ring (bicyclic) bond motifs is 2. The van der Waals surface area contributed by atoms with Crippen LogP contribution in [0.1, 0.15) is 39.9 Å². The first-order valence-electron chi connectivity index (χ1n) is 8.83. The van der Waals surface area contributed by atoms with Crippen LogP contribution in [-0.2, 0) is 19.4 Å². The molecule has 3 N–H and O–H groups in total. The second-order valence-corrected chi connectivity index (χ2v) is 6.66. The van der Waals surface area contributed by atoms with Gasteiger partial charge in [0.2, 0.25) is 11.3 Å². The van der Waals surface area contributed by atoms with Crippen molar-refractivity contribution < 1.29 is 9.21 Å². The van der Waals surface area contributed by atoms with E-state index in [1.165, 1.54) is 5.56 Å². The highest BCUT2D eigenvalue weighted by atomic mass is 16.3. The number of rotatable bonds is 3. The Hall–Kier alpha value is -3.08. The van der Waals surface area contributed by atoms with E-state index in [0.29, 0.717) is 17.5 Å². The van der Waals surface area contributed by atoms with Crippen LogP contribution in [0.25, 0.3) is 11.0 Å². The second kappa shape index (κ2) is 6.67. The van der Waals surface area contributed by atoms with Gasteiger partial charge in [-0.05, 0) is 54.5 Å². The molecule has 5 heteroatoms. The van der Waals surface area contributed by atoms with Crippen molar-refractivity contribution in [2.24, 2.45) is 0 Å². The van der Waals surface area contributed by atoms with Crippen LogP contribution in [0, 0.1) is 0 Å². The molecule has 0 bridgehead atoms. The van der Waals surface area contributed by atoms with Gasteiger partial charge in [0.05, 0.1) is 5.39 Å². The third kappa shape index (κ3) is 2.96. The number of amides is 1. The van der Waals surface area contributed by atoms with Gasteiger partial charge in [0.15, 0.2) is 0 Å².